The second kappa shape index (κ2) is 8.55. The molecule has 3 N–H and O–H groups in total. The molecule has 0 atom stereocenters. The van der Waals surface area contributed by atoms with Crippen LogP contribution in [0.4, 0.5) is 13.2 Å². The zero-order valence-corrected chi connectivity index (χ0v) is 20.6. The van der Waals surface area contributed by atoms with Crippen molar-refractivity contribution in [3.05, 3.63) is 58.1 Å². The molecule has 0 spiro atoms. The lowest BCUT2D eigenvalue weighted by molar-refractivity contribution is -0.137. The summed E-state index contributed by atoms with van der Waals surface area (Å²) in [6.45, 7) is 0.598. The number of fused-ring (bicyclic) bond motifs is 1. The Kier molecular flexibility index (Phi) is 5.72. The summed E-state index contributed by atoms with van der Waals surface area (Å²) in [6.07, 6.45) is 6.12. The smallest absolute Gasteiger partial charge is 0.354 e. The summed E-state index contributed by atoms with van der Waals surface area (Å²) in [5.74, 6) is 2.56. The van der Waals surface area contributed by atoms with Gasteiger partial charge in [-0.1, -0.05) is 17.7 Å². The van der Waals surface area contributed by atoms with E-state index in [0.29, 0.717) is 22.8 Å². The molecule has 0 radical (unpaired) electrons. The van der Waals surface area contributed by atoms with Gasteiger partial charge in [0.15, 0.2) is 0 Å². The van der Waals surface area contributed by atoms with Crippen molar-refractivity contribution in [1.29, 1.82) is 0 Å². The lowest BCUT2D eigenvalue weighted by Gasteiger charge is -2.57. The molecule has 4 aliphatic carbocycles. The van der Waals surface area contributed by atoms with E-state index in [1.807, 2.05) is 0 Å². The van der Waals surface area contributed by atoms with E-state index < -0.39 is 11.7 Å². The molecule has 2 nitrogen and oxygen atoms in total. The molecule has 0 amide bonds. The van der Waals surface area contributed by atoms with Gasteiger partial charge in [-0.05, 0) is 129 Å². The van der Waals surface area contributed by atoms with Crippen LogP contribution in [0.2, 0.25) is 5.02 Å². The summed E-state index contributed by atoms with van der Waals surface area (Å²) in [7, 11) is 0. The van der Waals surface area contributed by atoms with Gasteiger partial charge in [0.25, 0.3) is 0 Å². The van der Waals surface area contributed by atoms with Gasteiger partial charge >= 0.3 is 6.18 Å². The molecule has 4 bridgehead atoms. The number of rotatable bonds is 6. The van der Waals surface area contributed by atoms with Gasteiger partial charge in [-0.2, -0.15) is 13.2 Å². The molecule has 0 unspecified atom stereocenters. The lowest BCUT2D eigenvalue weighted by Crippen LogP contribution is -2.48. The number of H-pyrrole nitrogens is 1. The number of halogens is 4. The van der Waals surface area contributed by atoms with Crippen LogP contribution in [0.25, 0.3) is 22.2 Å². The Hall–Kier alpha value is -1.98. The first-order valence-electron chi connectivity index (χ1n) is 13.0. The minimum Gasteiger partial charge on any atom is -0.354 e. The summed E-state index contributed by atoms with van der Waals surface area (Å²) in [5, 5.41) is 1.45. The molecule has 6 heteroatoms. The number of nitrogens with two attached hydrogens (primary N) is 1. The number of hydrogen-bond acceptors (Lipinski definition) is 1. The Balaban J connectivity index is 1.47. The van der Waals surface area contributed by atoms with Crippen molar-refractivity contribution >= 4 is 22.5 Å². The lowest BCUT2D eigenvalue weighted by atomic mass is 9.48. The molecule has 4 fully saturated rings. The Morgan fingerprint density at radius 3 is 2.26 bits per heavy atom. The highest BCUT2D eigenvalue weighted by molar-refractivity contribution is 6.33. The van der Waals surface area contributed by atoms with Gasteiger partial charge in [0.2, 0.25) is 0 Å². The average molecular weight is 501 g/mol. The van der Waals surface area contributed by atoms with E-state index in [-0.39, 0.29) is 5.41 Å². The number of unbranched alkanes of at least 4 members (excludes halogenated alkanes) is 1. The SMILES string of the molecule is NCCCCc1c(-c2cc(C(F)(F)F)ccc2Cl)[nH]c2ccc(C34CC5CC(CC(C5)C3)C4)cc12. The normalized spacial score (nSPS) is 27.7. The summed E-state index contributed by atoms with van der Waals surface area (Å²) in [5.41, 5.74) is 9.90. The van der Waals surface area contributed by atoms with Gasteiger partial charge < -0.3 is 10.7 Å². The molecule has 186 valence electrons. The summed E-state index contributed by atoms with van der Waals surface area (Å²) >= 11 is 6.48. The molecule has 3 aromatic rings. The maximum atomic E-state index is 13.5. The van der Waals surface area contributed by atoms with Crippen molar-refractivity contribution in [1.82, 2.24) is 4.98 Å². The third-order valence-electron chi connectivity index (χ3n) is 9.00. The molecule has 1 heterocycles. The van der Waals surface area contributed by atoms with Gasteiger partial charge in [-0.25, -0.2) is 0 Å². The third kappa shape index (κ3) is 4.09. The topological polar surface area (TPSA) is 41.8 Å². The summed E-state index contributed by atoms with van der Waals surface area (Å²) in [4.78, 5) is 3.44. The van der Waals surface area contributed by atoms with Crippen LogP contribution in [-0.4, -0.2) is 11.5 Å². The zero-order chi connectivity index (χ0) is 24.4. The van der Waals surface area contributed by atoms with E-state index in [4.69, 9.17) is 17.3 Å². The van der Waals surface area contributed by atoms with Crippen LogP contribution >= 0.6 is 11.6 Å². The predicted molar refractivity (Wildman–Crippen MR) is 136 cm³/mol. The molecule has 0 saturated heterocycles. The van der Waals surface area contributed by atoms with E-state index in [9.17, 15) is 13.2 Å². The molecular weight excluding hydrogens is 469 g/mol. The van der Waals surface area contributed by atoms with E-state index in [1.165, 1.54) is 56.2 Å². The second-order valence-electron chi connectivity index (χ2n) is 11.4. The van der Waals surface area contributed by atoms with Crippen LogP contribution in [0.1, 0.15) is 68.1 Å². The largest absolute Gasteiger partial charge is 0.416 e. The number of hydrogen-bond donors (Lipinski definition) is 2. The molecule has 7 rings (SSSR count). The van der Waals surface area contributed by atoms with Gasteiger partial charge in [0, 0.05) is 21.5 Å². The zero-order valence-electron chi connectivity index (χ0n) is 19.9. The quantitative estimate of drug-likeness (QED) is 0.329. The van der Waals surface area contributed by atoms with E-state index in [0.717, 1.165) is 59.5 Å². The number of aromatic nitrogens is 1. The molecule has 4 aliphatic rings. The minimum atomic E-state index is -4.42. The van der Waals surface area contributed by atoms with Crippen LogP contribution in [0.3, 0.4) is 0 Å². The Morgan fingerprint density at radius 1 is 0.943 bits per heavy atom. The van der Waals surface area contributed by atoms with E-state index >= 15 is 0 Å². The van der Waals surface area contributed by atoms with Gasteiger partial charge in [-0.3, -0.25) is 0 Å². The van der Waals surface area contributed by atoms with E-state index in [1.54, 1.807) is 0 Å². The fourth-order valence-corrected chi connectivity index (χ4v) is 8.08. The highest BCUT2D eigenvalue weighted by Crippen LogP contribution is 2.61. The first-order chi connectivity index (χ1) is 16.8. The highest BCUT2D eigenvalue weighted by Gasteiger charge is 2.51. The molecule has 4 saturated carbocycles. The van der Waals surface area contributed by atoms with Crippen LogP contribution < -0.4 is 5.73 Å². The van der Waals surface area contributed by atoms with Gasteiger partial charge in [0.05, 0.1) is 11.3 Å². The maximum absolute atomic E-state index is 13.5. The number of benzene rings is 2. The number of aryl methyl sites for hydroxylation is 1. The molecule has 2 aromatic carbocycles. The summed E-state index contributed by atoms with van der Waals surface area (Å²) < 4.78 is 40.5. The van der Waals surface area contributed by atoms with Crippen LogP contribution in [0.15, 0.2) is 36.4 Å². The monoisotopic (exact) mass is 500 g/mol. The second-order valence-corrected chi connectivity index (χ2v) is 11.8. The minimum absolute atomic E-state index is 0.267. The number of aromatic amines is 1. The molecule has 0 aliphatic heterocycles. The van der Waals surface area contributed by atoms with Crippen molar-refractivity contribution in [3.63, 3.8) is 0 Å². The van der Waals surface area contributed by atoms with Crippen LogP contribution in [-0.2, 0) is 18.0 Å². The first kappa shape index (κ1) is 23.4. The molecule has 1 aromatic heterocycles. The average Bonchev–Trinajstić information content (AvgIpc) is 3.15. The first-order valence-corrected chi connectivity index (χ1v) is 13.4. The van der Waals surface area contributed by atoms with E-state index in [2.05, 4.69) is 23.2 Å². The van der Waals surface area contributed by atoms with Crippen LogP contribution in [0.5, 0.6) is 0 Å². The van der Waals surface area contributed by atoms with Crippen molar-refractivity contribution in [2.45, 2.75) is 69.4 Å². The summed E-state index contributed by atoms with van der Waals surface area (Å²) in [6, 6.07) is 10.3. The van der Waals surface area contributed by atoms with Crippen molar-refractivity contribution in [3.8, 4) is 11.3 Å². The van der Waals surface area contributed by atoms with Crippen molar-refractivity contribution in [2.75, 3.05) is 6.54 Å². The third-order valence-corrected chi connectivity index (χ3v) is 9.33. The molecule has 35 heavy (non-hydrogen) atoms. The Labute approximate surface area is 209 Å². The highest BCUT2D eigenvalue weighted by atomic mass is 35.5. The number of nitrogens with one attached hydrogen (secondary N) is 1. The Bertz CT molecular complexity index is 1220. The van der Waals surface area contributed by atoms with Crippen molar-refractivity contribution < 1.29 is 13.2 Å². The predicted octanol–water partition coefficient (Wildman–Crippen LogP) is 8.26. The van der Waals surface area contributed by atoms with Gasteiger partial charge in [-0.15, -0.1) is 0 Å². The fraction of sp³-hybridized carbons (Fsp3) is 0.517. The maximum Gasteiger partial charge on any atom is 0.416 e. The van der Waals surface area contributed by atoms with Crippen molar-refractivity contribution in [2.24, 2.45) is 23.5 Å². The standard InChI is InChI=1S/C29H32ClF3N2/c30-25-6-4-21(29(31,32)33)13-24(25)27-22(3-1-2-8-34)23-12-20(5-7-26(23)35-27)28-14-17-9-18(15-28)11-19(10-17)16-28/h4-7,12-13,17-19,35H,1-3,8-11,14-16,34H2. The fourth-order valence-electron chi connectivity index (χ4n) is 7.87. The van der Waals surface area contributed by atoms with Gasteiger partial charge in [0.1, 0.15) is 0 Å². The number of alkyl halides is 3. The Morgan fingerprint density at radius 2 is 1.63 bits per heavy atom. The molecular formula is C29H32ClF3N2. The van der Waals surface area contributed by atoms with Crippen LogP contribution in [0, 0.1) is 17.8 Å².